The molecule has 0 spiro atoms. The molecule has 1 unspecified atom stereocenters. The monoisotopic (exact) mass is 210 g/mol. The summed E-state index contributed by atoms with van der Waals surface area (Å²) in [5.41, 5.74) is -1.50. The number of hydrogen-bond donors (Lipinski definition) is 0. The van der Waals surface area contributed by atoms with Crippen molar-refractivity contribution in [3.8, 4) is 0 Å². The maximum Gasteiger partial charge on any atom is 0.308 e. The van der Waals surface area contributed by atoms with E-state index in [1.54, 1.807) is 27.7 Å². The Labute approximate surface area is 78.5 Å². The molecule has 0 aromatic rings. The van der Waals surface area contributed by atoms with Gasteiger partial charge in [-0.05, 0) is 34.1 Å². The minimum atomic E-state index is -4.51. The summed E-state index contributed by atoms with van der Waals surface area (Å²) in [6.45, 7) is 6.73. The van der Waals surface area contributed by atoms with Gasteiger partial charge in [0.05, 0.1) is 11.2 Å². The van der Waals surface area contributed by atoms with E-state index in [1.807, 2.05) is 0 Å². The fraction of sp³-hybridized carbons (Fsp3) is 1.00. The average Bonchev–Trinajstić information content (AvgIpc) is 1.97. The molecule has 1 aliphatic rings. The summed E-state index contributed by atoms with van der Waals surface area (Å²) in [5, 5.41) is -1.05. The van der Waals surface area contributed by atoms with Crippen LogP contribution in [-0.4, -0.2) is 24.9 Å². The third-order valence-electron chi connectivity index (χ3n) is 2.33. The molecule has 1 saturated heterocycles. The van der Waals surface area contributed by atoms with Crippen molar-refractivity contribution in [2.24, 2.45) is 0 Å². The van der Waals surface area contributed by atoms with E-state index in [4.69, 9.17) is 4.74 Å². The lowest BCUT2D eigenvalue weighted by Gasteiger charge is -2.25. The molecule has 0 aliphatic carbocycles. The van der Waals surface area contributed by atoms with E-state index in [0.29, 0.717) is 0 Å². The van der Waals surface area contributed by atoms with Gasteiger partial charge in [-0.2, -0.15) is 8.42 Å². The normalized spacial score (nSPS) is 31.9. The first-order valence-corrected chi connectivity index (χ1v) is 5.63. The molecule has 0 N–H and O–H groups in total. The first-order chi connectivity index (χ1) is 5.55. The van der Waals surface area contributed by atoms with E-state index < -0.39 is 26.7 Å². The maximum atomic E-state index is 12.8. The molecular weight excluding hydrogens is 195 g/mol. The highest BCUT2D eigenvalue weighted by Gasteiger charge is 2.52. The molecule has 0 bridgehead atoms. The predicted octanol–water partition coefficient (Wildman–Crippen LogP) is 1.63. The minimum absolute atomic E-state index is 0.207. The van der Waals surface area contributed by atoms with Crippen LogP contribution in [0.1, 0.15) is 34.1 Å². The summed E-state index contributed by atoms with van der Waals surface area (Å²) in [5.74, 6) is 0. The van der Waals surface area contributed by atoms with Crippen LogP contribution >= 0.6 is 0 Å². The van der Waals surface area contributed by atoms with Crippen LogP contribution in [-0.2, 0) is 15.0 Å². The smallest absolute Gasteiger partial charge is 0.308 e. The zero-order chi connectivity index (χ0) is 10.5. The van der Waals surface area contributed by atoms with Gasteiger partial charge in [0.1, 0.15) is 5.25 Å². The topological polar surface area (TPSA) is 43.4 Å². The molecule has 1 fully saturated rings. The molecule has 3 nitrogen and oxygen atoms in total. The molecule has 78 valence electrons. The lowest BCUT2D eigenvalue weighted by molar-refractivity contribution is -0.0637. The van der Waals surface area contributed by atoms with Crippen molar-refractivity contribution >= 4 is 10.2 Å². The Morgan fingerprint density at radius 1 is 1.31 bits per heavy atom. The zero-order valence-electron chi connectivity index (χ0n) is 8.30. The fourth-order valence-corrected chi connectivity index (χ4v) is 3.28. The third kappa shape index (κ3) is 2.20. The van der Waals surface area contributed by atoms with Crippen LogP contribution in [0.25, 0.3) is 0 Å². The molecule has 1 aliphatic heterocycles. The molecule has 1 atom stereocenters. The van der Waals surface area contributed by atoms with Gasteiger partial charge in [-0.15, -0.1) is 3.89 Å². The lowest BCUT2D eigenvalue weighted by atomic mass is 10.0. The zero-order valence-corrected chi connectivity index (χ0v) is 9.11. The quantitative estimate of drug-likeness (QED) is 0.618. The second-order valence-electron chi connectivity index (χ2n) is 4.63. The molecule has 5 heteroatoms. The van der Waals surface area contributed by atoms with Crippen molar-refractivity contribution in [1.29, 1.82) is 0 Å². The van der Waals surface area contributed by atoms with E-state index in [1.165, 1.54) is 0 Å². The first-order valence-electron chi connectivity index (χ1n) is 4.18. The molecule has 0 saturated carbocycles. The van der Waals surface area contributed by atoms with Crippen molar-refractivity contribution in [3.05, 3.63) is 0 Å². The molecule has 0 radical (unpaired) electrons. The van der Waals surface area contributed by atoms with Gasteiger partial charge in [-0.1, -0.05) is 0 Å². The van der Waals surface area contributed by atoms with Crippen LogP contribution in [0.2, 0.25) is 0 Å². The molecule has 13 heavy (non-hydrogen) atoms. The highest BCUT2D eigenvalue weighted by molar-refractivity contribution is 7.87. The summed E-state index contributed by atoms with van der Waals surface area (Å²) in [4.78, 5) is 0. The van der Waals surface area contributed by atoms with Gasteiger partial charge < -0.3 is 4.74 Å². The van der Waals surface area contributed by atoms with Gasteiger partial charge in [0.15, 0.2) is 0 Å². The van der Waals surface area contributed by atoms with Crippen LogP contribution in [0.15, 0.2) is 0 Å². The number of hydrogen-bond acceptors (Lipinski definition) is 3. The second-order valence-corrected chi connectivity index (χ2v) is 6.15. The van der Waals surface area contributed by atoms with Gasteiger partial charge in [0.25, 0.3) is 0 Å². The summed E-state index contributed by atoms with van der Waals surface area (Å²) < 4.78 is 39.9. The Morgan fingerprint density at radius 2 is 1.77 bits per heavy atom. The summed E-state index contributed by atoms with van der Waals surface area (Å²) in [7, 11) is -4.51. The van der Waals surface area contributed by atoms with Gasteiger partial charge in [0, 0.05) is 0 Å². The molecule has 1 rings (SSSR count). The van der Waals surface area contributed by atoms with Gasteiger partial charge in [-0.3, -0.25) is 0 Å². The SMILES string of the molecule is CC1(C)CC(S(=O)(=O)F)C(C)(C)O1. The Balaban J connectivity index is 3.03. The number of rotatable bonds is 1. The highest BCUT2D eigenvalue weighted by Crippen LogP contribution is 2.41. The molecule has 0 aromatic heterocycles. The van der Waals surface area contributed by atoms with Crippen molar-refractivity contribution < 1.29 is 17.0 Å². The lowest BCUT2D eigenvalue weighted by Crippen LogP contribution is -2.36. The van der Waals surface area contributed by atoms with E-state index in [-0.39, 0.29) is 6.42 Å². The second kappa shape index (κ2) is 2.67. The van der Waals surface area contributed by atoms with Gasteiger partial charge >= 0.3 is 10.2 Å². The maximum absolute atomic E-state index is 12.8. The molecular formula is C8H15FO3S. The predicted molar refractivity (Wildman–Crippen MR) is 47.7 cm³/mol. The molecule has 0 amide bonds. The van der Waals surface area contributed by atoms with Crippen molar-refractivity contribution in [1.82, 2.24) is 0 Å². The van der Waals surface area contributed by atoms with Crippen LogP contribution in [0, 0.1) is 0 Å². The Morgan fingerprint density at radius 3 is 1.92 bits per heavy atom. The average molecular weight is 210 g/mol. The third-order valence-corrected chi connectivity index (χ3v) is 3.75. The minimum Gasteiger partial charge on any atom is -0.368 e. The van der Waals surface area contributed by atoms with Crippen LogP contribution in [0.5, 0.6) is 0 Å². The number of halogens is 1. The molecule has 1 heterocycles. The van der Waals surface area contributed by atoms with Gasteiger partial charge in [0.2, 0.25) is 0 Å². The van der Waals surface area contributed by atoms with Crippen LogP contribution in [0.3, 0.4) is 0 Å². The number of ether oxygens (including phenoxy) is 1. The Bertz CT molecular complexity index is 305. The van der Waals surface area contributed by atoms with E-state index in [0.717, 1.165) is 0 Å². The van der Waals surface area contributed by atoms with Crippen molar-refractivity contribution in [3.63, 3.8) is 0 Å². The van der Waals surface area contributed by atoms with Crippen molar-refractivity contribution in [2.45, 2.75) is 50.6 Å². The largest absolute Gasteiger partial charge is 0.368 e. The Hall–Kier alpha value is -0.160. The van der Waals surface area contributed by atoms with Crippen molar-refractivity contribution in [2.75, 3.05) is 0 Å². The van der Waals surface area contributed by atoms with Crippen LogP contribution in [0.4, 0.5) is 3.89 Å². The van der Waals surface area contributed by atoms with E-state index in [2.05, 4.69) is 0 Å². The fourth-order valence-electron chi connectivity index (χ4n) is 1.95. The highest BCUT2D eigenvalue weighted by atomic mass is 32.3. The van der Waals surface area contributed by atoms with Crippen LogP contribution < -0.4 is 0 Å². The van der Waals surface area contributed by atoms with Gasteiger partial charge in [-0.25, -0.2) is 0 Å². The first kappa shape index (κ1) is 10.9. The van der Waals surface area contributed by atoms with E-state index >= 15 is 0 Å². The summed E-state index contributed by atoms with van der Waals surface area (Å²) in [6, 6.07) is 0. The Kier molecular flexibility index (Phi) is 2.24. The van der Waals surface area contributed by atoms with E-state index in [9.17, 15) is 12.3 Å². The summed E-state index contributed by atoms with van der Waals surface area (Å²) >= 11 is 0. The standard InChI is InChI=1S/C8H15FO3S/c1-7(2)5-6(13(9,10)11)8(3,4)12-7/h6H,5H2,1-4H3. The molecule has 0 aromatic carbocycles. The summed E-state index contributed by atoms with van der Waals surface area (Å²) in [6.07, 6.45) is 0.207.